The number of piperidine rings is 1. The fourth-order valence-corrected chi connectivity index (χ4v) is 10.8. The topological polar surface area (TPSA) is 96.9 Å². The van der Waals surface area contributed by atoms with Crippen LogP contribution in [0.2, 0.25) is 0 Å². The van der Waals surface area contributed by atoms with E-state index in [1.54, 1.807) is 33.1 Å². The first kappa shape index (κ1) is 26.7. The molecule has 0 unspecified atom stereocenters. The van der Waals surface area contributed by atoms with Gasteiger partial charge in [-0.05, 0) is 62.1 Å². The molecular formula is C29H35N3O5S2. The summed E-state index contributed by atoms with van der Waals surface area (Å²) in [5.74, 6) is 0.819. The number of pyridine rings is 1. The van der Waals surface area contributed by atoms with Gasteiger partial charge in [-0.15, -0.1) is 0 Å². The van der Waals surface area contributed by atoms with E-state index in [4.69, 9.17) is 4.74 Å². The van der Waals surface area contributed by atoms with Crippen LogP contribution in [0.15, 0.2) is 71.9 Å². The number of aromatic nitrogens is 1. The Balaban J connectivity index is 1.09. The van der Waals surface area contributed by atoms with Crippen LogP contribution in [0.5, 0.6) is 5.75 Å². The van der Waals surface area contributed by atoms with E-state index in [1.165, 1.54) is 0 Å². The largest absolute Gasteiger partial charge is 0.490 e. The number of hydrogen-bond acceptors (Lipinski definition) is 6. The van der Waals surface area contributed by atoms with E-state index in [-0.39, 0.29) is 30.0 Å². The molecule has 4 heterocycles. The minimum Gasteiger partial charge on any atom is -0.490 e. The summed E-state index contributed by atoms with van der Waals surface area (Å²) in [6.07, 6.45) is 9.04. The van der Waals surface area contributed by atoms with Gasteiger partial charge in [-0.25, -0.2) is 16.8 Å². The number of rotatable bonds is 9. The molecule has 8 nitrogen and oxygen atoms in total. The second-order valence-corrected chi connectivity index (χ2v) is 14.8. The molecule has 6 rings (SSSR count). The molecule has 0 spiro atoms. The Morgan fingerprint density at radius 1 is 0.872 bits per heavy atom. The van der Waals surface area contributed by atoms with Gasteiger partial charge in [-0.3, -0.25) is 4.98 Å². The van der Waals surface area contributed by atoms with E-state index in [2.05, 4.69) is 4.98 Å². The van der Waals surface area contributed by atoms with Crippen LogP contribution in [0.1, 0.15) is 51.4 Å². The Bertz CT molecular complexity index is 1510. The minimum atomic E-state index is -3.68. The average molecular weight is 570 g/mol. The molecule has 3 aliphatic heterocycles. The SMILES string of the molecule is O=S(=O)(CCC[C@@H]1CCCN1S(=O)(=O)c1cccc2ccccc12)N1[C@@H]2CC[C@H]1C[C@@H](Oc1ccncc1)C2. The standard InChI is InChI=1S/C29H35N3O5S2/c33-38(34,32-24-12-13-25(32)21-27(20-24)37-26-14-16-30-17-15-26)19-5-9-23-8-4-18-31(23)39(35,36)29-11-3-7-22-6-1-2-10-28(22)29/h1-3,6-7,10-11,14-17,23-25,27H,4-5,8-9,12-13,18-21H2/t23-,24-,25+,27+/m0/s1. The molecule has 3 saturated heterocycles. The average Bonchev–Trinajstić information content (AvgIpc) is 3.52. The third kappa shape index (κ3) is 5.31. The van der Waals surface area contributed by atoms with Crippen molar-refractivity contribution in [3.63, 3.8) is 0 Å². The number of ether oxygens (including phenoxy) is 1. The summed E-state index contributed by atoms with van der Waals surface area (Å²) in [5.41, 5.74) is 0. The molecule has 208 valence electrons. The highest BCUT2D eigenvalue weighted by Gasteiger charge is 2.47. The van der Waals surface area contributed by atoms with E-state index >= 15 is 0 Å². The van der Waals surface area contributed by atoms with Crippen molar-refractivity contribution in [2.24, 2.45) is 0 Å². The van der Waals surface area contributed by atoms with Gasteiger partial charge in [0.2, 0.25) is 20.0 Å². The summed E-state index contributed by atoms with van der Waals surface area (Å²) in [6, 6.07) is 16.3. The molecule has 0 amide bonds. The van der Waals surface area contributed by atoms with Gasteiger partial charge in [-0.2, -0.15) is 8.61 Å². The third-order valence-corrected chi connectivity index (χ3v) is 12.5. The van der Waals surface area contributed by atoms with E-state index < -0.39 is 20.0 Å². The Labute approximate surface area is 231 Å². The van der Waals surface area contributed by atoms with Gasteiger partial charge in [0.1, 0.15) is 11.9 Å². The van der Waals surface area contributed by atoms with Crippen LogP contribution in [0.25, 0.3) is 10.8 Å². The van der Waals surface area contributed by atoms with E-state index in [0.717, 1.165) is 42.2 Å². The molecule has 0 saturated carbocycles. The van der Waals surface area contributed by atoms with Crippen molar-refractivity contribution in [2.75, 3.05) is 12.3 Å². The van der Waals surface area contributed by atoms with E-state index in [0.29, 0.717) is 37.1 Å². The molecular weight excluding hydrogens is 534 g/mol. The lowest BCUT2D eigenvalue weighted by molar-refractivity contribution is 0.0956. The van der Waals surface area contributed by atoms with Crippen LogP contribution < -0.4 is 4.74 Å². The van der Waals surface area contributed by atoms with Crippen molar-refractivity contribution in [3.05, 3.63) is 67.0 Å². The van der Waals surface area contributed by atoms with Crippen LogP contribution in [0, 0.1) is 0 Å². The quantitative estimate of drug-likeness (QED) is 0.375. The predicted octanol–water partition coefficient (Wildman–Crippen LogP) is 4.57. The van der Waals surface area contributed by atoms with Gasteiger partial charge in [-0.1, -0.05) is 36.4 Å². The zero-order valence-electron chi connectivity index (χ0n) is 21.9. The predicted molar refractivity (Wildman–Crippen MR) is 150 cm³/mol. The molecule has 3 aliphatic rings. The maximum absolute atomic E-state index is 13.7. The highest BCUT2D eigenvalue weighted by Crippen LogP contribution is 2.40. The van der Waals surface area contributed by atoms with Crippen LogP contribution in [0.3, 0.4) is 0 Å². The first-order chi connectivity index (χ1) is 18.8. The molecule has 2 bridgehead atoms. The Kier molecular flexibility index (Phi) is 7.39. The zero-order valence-corrected chi connectivity index (χ0v) is 23.6. The van der Waals surface area contributed by atoms with Gasteiger partial charge >= 0.3 is 0 Å². The highest BCUT2D eigenvalue weighted by atomic mass is 32.2. The fourth-order valence-electron chi connectivity index (χ4n) is 6.81. The summed E-state index contributed by atoms with van der Waals surface area (Å²) in [4.78, 5) is 4.35. The lowest BCUT2D eigenvalue weighted by Gasteiger charge is -2.38. The third-order valence-electron chi connectivity index (χ3n) is 8.50. The zero-order chi connectivity index (χ0) is 27.0. The molecule has 0 radical (unpaired) electrons. The van der Waals surface area contributed by atoms with Crippen molar-refractivity contribution < 1.29 is 21.6 Å². The van der Waals surface area contributed by atoms with Crippen molar-refractivity contribution in [1.29, 1.82) is 0 Å². The second-order valence-electron chi connectivity index (χ2n) is 11.0. The van der Waals surface area contributed by atoms with Gasteiger partial charge in [0.05, 0.1) is 10.6 Å². The lowest BCUT2D eigenvalue weighted by Crippen LogP contribution is -2.50. The Hall–Kier alpha value is -2.53. The number of hydrogen-bond donors (Lipinski definition) is 0. The van der Waals surface area contributed by atoms with Crippen LogP contribution in [0.4, 0.5) is 0 Å². The fraction of sp³-hybridized carbons (Fsp3) is 0.483. The second kappa shape index (κ2) is 10.8. The molecule has 1 aromatic heterocycles. The van der Waals surface area contributed by atoms with Crippen LogP contribution in [-0.4, -0.2) is 67.0 Å². The molecule has 10 heteroatoms. The van der Waals surface area contributed by atoms with Gasteiger partial charge < -0.3 is 4.74 Å². The monoisotopic (exact) mass is 569 g/mol. The Morgan fingerprint density at radius 3 is 2.36 bits per heavy atom. The van der Waals surface area contributed by atoms with Gasteiger partial charge in [0.15, 0.2) is 0 Å². The maximum atomic E-state index is 13.7. The van der Waals surface area contributed by atoms with E-state index in [1.807, 2.05) is 42.5 Å². The van der Waals surface area contributed by atoms with Crippen molar-refractivity contribution >= 4 is 30.8 Å². The van der Waals surface area contributed by atoms with Gasteiger partial charge in [0.25, 0.3) is 0 Å². The first-order valence-corrected chi connectivity index (χ1v) is 17.0. The van der Waals surface area contributed by atoms with Crippen LogP contribution in [-0.2, 0) is 20.0 Å². The summed E-state index contributed by atoms with van der Waals surface area (Å²) in [6.45, 7) is 0.470. The molecule has 2 aromatic carbocycles. The maximum Gasteiger partial charge on any atom is 0.243 e. The summed E-state index contributed by atoms with van der Waals surface area (Å²) < 4.78 is 63.8. The van der Waals surface area contributed by atoms with E-state index in [9.17, 15) is 16.8 Å². The molecule has 4 atom stereocenters. The lowest BCUT2D eigenvalue weighted by atomic mass is 10.0. The smallest absolute Gasteiger partial charge is 0.243 e. The molecule has 0 aliphatic carbocycles. The first-order valence-electron chi connectivity index (χ1n) is 13.9. The van der Waals surface area contributed by atoms with Crippen molar-refractivity contribution in [3.8, 4) is 5.75 Å². The van der Waals surface area contributed by atoms with Gasteiger partial charge in [0, 0.05) is 55.3 Å². The summed E-state index contributed by atoms with van der Waals surface area (Å²) in [5, 5.41) is 1.62. The van der Waals surface area contributed by atoms with Crippen LogP contribution >= 0.6 is 0 Å². The molecule has 3 aromatic rings. The molecule has 39 heavy (non-hydrogen) atoms. The summed E-state index contributed by atoms with van der Waals surface area (Å²) >= 11 is 0. The van der Waals surface area contributed by atoms with Crippen molar-refractivity contribution in [2.45, 2.75) is 80.5 Å². The summed E-state index contributed by atoms with van der Waals surface area (Å²) in [7, 11) is -7.13. The number of benzene rings is 2. The Morgan fingerprint density at radius 2 is 1.59 bits per heavy atom. The number of fused-ring (bicyclic) bond motifs is 3. The number of sulfonamides is 2. The highest BCUT2D eigenvalue weighted by molar-refractivity contribution is 7.89. The molecule has 3 fully saturated rings. The molecule has 0 N–H and O–H groups in total. The minimum absolute atomic E-state index is 0.00247. The van der Waals surface area contributed by atoms with Crippen molar-refractivity contribution in [1.82, 2.24) is 13.6 Å². The normalized spacial score (nSPS) is 26.3. The number of nitrogens with zero attached hydrogens (tertiary/aromatic N) is 3.